The summed E-state index contributed by atoms with van der Waals surface area (Å²) in [5, 5.41) is 15.2. The molecule has 29 heavy (non-hydrogen) atoms. The summed E-state index contributed by atoms with van der Waals surface area (Å²) in [4.78, 5) is 11.7. The zero-order valence-electron chi connectivity index (χ0n) is 15.2. The maximum Gasteiger partial charge on any atom is 0.323 e. The average molecular weight is 525 g/mol. The molecule has 0 spiro atoms. The lowest BCUT2D eigenvalue weighted by atomic mass is 10.3. The van der Waals surface area contributed by atoms with E-state index >= 15 is 0 Å². The molecular formula is C17H19BrClN3O5S2. The van der Waals surface area contributed by atoms with Crippen molar-refractivity contribution in [2.45, 2.75) is 11.3 Å². The minimum absolute atomic E-state index is 0.0257. The van der Waals surface area contributed by atoms with Crippen molar-refractivity contribution in [1.82, 2.24) is 4.72 Å². The Bertz CT molecular complexity index is 1030. The normalized spacial score (nSPS) is 12.4. The van der Waals surface area contributed by atoms with E-state index in [1.165, 1.54) is 18.4 Å². The van der Waals surface area contributed by atoms with Gasteiger partial charge in [0.05, 0.1) is 16.4 Å². The Morgan fingerprint density at radius 2 is 1.83 bits per heavy atom. The summed E-state index contributed by atoms with van der Waals surface area (Å²) >= 11 is 9.27. The fraction of sp³-hybridized carbons (Fsp3) is 0.235. The first kappa shape index (κ1) is 23.6. The van der Waals surface area contributed by atoms with Crippen LogP contribution in [0.3, 0.4) is 0 Å². The predicted octanol–water partition coefficient (Wildman–Crippen LogP) is 3.50. The molecule has 0 fully saturated rings. The molecular weight excluding hydrogens is 506 g/mol. The number of aromatic hydroxyl groups is 1. The second-order valence-corrected chi connectivity index (χ2v) is 10.4. The smallest absolute Gasteiger partial charge is 0.323 e. The predicted molar refractivity (Wildman–Crippen MR) is 119 cm³/mol. The standard InChI is InChI=1S/C17H19BrClN3O5S2/c1-28(25)10-4-9-20-29(26,27)16-12(19)7-8-14(15(16)23)22-17(24)21-13-6-3-2-5-11(13)18/h2-3,5-8,20,23H,4,9-10H2,1H3,(H2,21,22,24). The molecule has 0 aliphatic rings. The number of anilines is 2. The number of hydrogen-bond donors (Lipinski definition) is 4. The van der Waals surface area contributed by atoms with Crippen LogP contribution in [0.15, 0.2) is 45.8 Å². The summed E-state index contributed by atoms with van der Waals surface area (Å²) in [6.07, 6.45) is 1.87. The van der Waals surface area contributed by atoms with Crippen molar-refractivity contribution in [3.8, 4) is 5.75 Å². The maximum atomic E-state index is 12.5. The first-order chi connectivity index (χ1) is 13.6. The van der Waals surface area contributed by atoms with Gasteiger partial charge in [-0.1, -0.05) is 23.7 Å². The number of urea groups is 1. The van der Waals surface area contributed by atoms with Gasteiger partial charge in [0.15, 0.2) is 5.75 Å². The van der Waals surface area contributed by atoms with Gasteiger partial charge in [0.2, 0.25) is 10.0 Å². The van der Waals surface area contributed by atoms with Crippen LogP contribution in [0.1, 0.15) is 6.42 Å². The van der Waals surface area contributed by atoms with Gasteiger partial charge >= 0.3 is 6.03 Å². The Hall–Kier alpha value is -1.66. The zero-order chi connectivity index (χ0) is 21.6. The molecule has 2 aromatic rings. The van der Waals surface area contributed by atoms with Crippen LogP contribution in [0, 0.1) is 0 Å². The number of para-hydroxylation sites is 1. The number of halogens is 2. The Balaban J connectivity index is 2.18. The van der Waals surface area contributed by atoms with Gasteiger partial charge in [-0.3, -0.25) is 4.21 Å². The van der Waals surface area contributed by atoms with Crippen LogP contribution in [0.4, 0.5) is 16.2 Å². The lowest BCUT2D eigenvalue weighted by Crippen LogP contribution is -2.26. The summed E-state index contributed by atoms with van der Waals surface area (Å²) in [7, 11) is -5.20. The molecule has 2 amide bonds. The van der Waals surface area contributed by atoms with Crippen molar-refractivity contribution >= 4 is 65.8 Å². The van der Waals surface area contributed by atoms with Gasteiger partial charge < -0.3 is 15.7 Å². The summed E-state index contributed by atoms with van der Waals surface area (Å²) < 4.78 is 39.1. The average Bonchev–Trinajstić information content (AvgIpc) is 2.63. The van der Waals surface area contributed by atoms with E-state index in [0.717, 1.165) is 0 Å². The molecule has 2 aromatic carbocycles. The van der Waals surface area contributed by atoms with E-state index in [2.05, 4.69) is 31.3 Å². The summed E-state index contributed by atoms with van der Waals surface area (Å²) in [5.74, 6) is -0.356. The van der Waals surface area contributed by atoms with Crippen molar-refractivity contribution in [3.63, 3.8) is 0 Å². The van der Waals surface area contributed by atoms with E-state index in [1.807, 2.05) is 0 Å². The molecule has 0 aliphatic carbocycles. The molecule has 0 bridgehead atoms. The highest BCUT2D eigenvalue weighted by Gasteiger charge is 2.25. The SMILES string of the molecule is CS(=O)CCCNS(=O)(=O)c1c(Cl)ccc(NC(=O)Nc2ccccc2Br)c1O. The second-order valence-electron chi connectivity index (χ2n) is 5.86. The zero-order valence-corrected chi connectivity index (χ0v) is 19.2. The molecule has 8 nitrogen and oxygen atoms in total. The van der Waals surface area contributed by atoms with Crippen molar-refractivity contribution in [3.05, 3.63) is 45.9 Å². The fourth-order valence-corrected chi connectivity index (χ4v) is 4.93. The van der Waals surface area contributed by atoms with E-state index in [9.17, 15) is 22.5 Å². The van der Waals surface area contributed by atoms with Gasteiger partial charge in [0.1, 0.15) is 4.90 Å². The first-order valence-electron chi connectivity index (χ1n) is 8.25. The topological polar surface area (TPSA) is 125 Å². The molecule has 0 saturated carbocycles. The van der Waals surface area contributed by atoms with Crippen LogP contribution in [-0.2, 0) is 20.8 Å². The number of phenols is 1. The van der Waals surface area contributed by atoms with Gasteiger partial charge in [-0.05, 0) is 46.6 Å². The quantitative estimate of drug-likeness (QED) is 0.311. The molecule has 1 unspecified atom stereocenters. The highest BCUT2D eigenvalue weighted by Crippen LogP contribution is 2.36. The highest BCUT2D eigenvalue weighted by molar-refractivity contribution is 9.10. The van der Waals surface area contributed by atoms with E-state index < -0.39 is 37.5 Å². The molecule has 0 aromatic heterocycles. The minimum atomic E-state index is -4.15. The molecule has 0 saturated heterocycles. The molecule has 12 heteroatoms. The van der Waals surface area contributed by atoms with E-state index in [4.69, 9.17) is 11.6 Å². The lowest BCUT2D eigenvalue weighted by molar-refractivity contribution is 0.262. The van der Waals surface area contributed by atoms with Gasteiger partial charge in [-0.25, -0.2) is 17.9 Å². The van der Waals surface area contributed by atoms with Crippen LogP contribution in [0.25, 0.3) is 0 Å². The van der Waals surface area contributed by atoms with Crippen LogP contribution in [0.2, 0.25) is 5.02 Å². The summed E-state index contributed by atoms with van der Waals surface area (Å²) in [6.45, 7) is 0.0257. The van der Waals surface area contributed by atoms with Crippen molar-refractivity contribution in [1.29, 1.82) is 0 Å². The van der Waals surface area contributed by atoms with Gasteiger partial charge in [0, 0.05) is 33.8 Å². The number of sulfonamides is 1. The first-order valence-corrected chi connectivity index (χ1v) is 12.6. The molecule has 158 valence electrons. The number of nitrogens with one attached hydrogen (secondary N) is 3. The molecule has 0 heterocycles. The largest absolute Gasteiger partial charge is 0.504 e. The monoisotopic (exact) mass is 523 g/mol. The highest BCUT2D eigenvalue weighted by atomic mass is 79.9. The number of amides is 2. The third-order valence-electron chi connectivity index (χ3n) is 3.62. The Morgan fingerprint density at radius 3 is 2.48 bits per heavy atom. The lowest BCUT2D eigenvalue weighted by Gasteiger charge is -2.14. The van der Waals surface area contributed by atoms with Crippen LogP contribution >= 0.6 is 27.5 Å². The van der Waals surface area contributed by atoms with E-state index in [-0.39, 0.29) is 17.3 Å². The van der Waals surface area contributed by atoms with Gasteiger partial charge in [-0.2, -0.15) is 0 Å². The number of rotatable bonds is 8. The van der Waals surface area contributed by atoms with Gasteiger partial charge in [0.25, 0.3) is 0 Å². The summed E-state index contributed by atoms with van der Waals surface area (Å²) in [5.41, 5.74) is 0.357. The third kappa shape index (κ3) is 6.68. The Morgan fingerprint density at radius 1 is 1.17 bits per heavy atom. The number of phenolic OH excluding ortho intramolecular Hbond substituents is 1. The second kappa shape index (κ2) is 10.4. The molecule has 0 aliphatic heterocycles. The molecule has 2 rings (SSSR count). The number of hydrogen-bond acceptors (Lipinski definition) is 5. The van der Waals surface area contributed by atoms with Gasteiger partial charge in [-0.15, -0.1) is 0 Å². The van der Waals surface area contributed by atoms with Crippen LogP contribution < -0.4 is 15.4 Å². The Kier molecular flexibility index (Phi) is 8.46. The maximum absolute atomic E-state index is 12.5. The number of benzene rings is 2. The van der Waals surface area contributed by atoms with E-state index in [0.29, 0.717) is 22.3 Å². The molecule has 0 radical (unpaired) electrons. The van der Waals surface area contributed by atoms with E-state index in [1.54, 1.807) is 24.3 Å². The Labute approximate surface area is 184 Å². The molecule has 1 atom stereocenters. The number of carbonyl (C=O) groups is 1. The summed E-state index contributed by atoms with van der Waals surface area (Å²) in [6, 6.07) is 8.76. The fourth-order valence-electron chi connectivity index (χ4n) is 2.30. The van der Waals surface area contributed by atoms with Crippen molar-refractivity contribution in [2.24, 2.45) is 0 Å². The molecule has 4 N–H and O–H groups in total. The minimum Gasteiger partial charge on any atom is -0.504 e. The third-order valence-corrected chi connectivity index (χ3v) is 7.14. The van der Waals surface area contributed by atoms with Crippen LogP contribution in [-0.4, -0.2) is 42.3 Å². The van der Waals surface area contributed by atoms with Crippen LogP contribution in [0.5, 0.6) is 5.75 Å². The van der Waals surface area contributed by atoms with Crippen molar-refractivity contribution in [2.75, 3.05) is 29.2 Å². The van der Waals surface area contributed by atoms with Crippen molar-refractivity contribution < 1.29 is 22.5 Å². The number of carbonyl (C=O) groups excluding carboxylic acids is 1.